The number of hydrogen-bond donors (Lipinski definition) is 2. The Balaban J connectivity index is 1.47. The van der Waals surface area contributed by atoms with Crippen LogP contribution in [0.15, 0.2) is 48.5 Å². The van der Waals surface area contributed by atoms with E-state index in [0.29, 0.717) is 12.6 Å². The normalized spacial score (nSPS) is 17.2. The minimum absolute atomic E-state index is 0.277. The van der Waals surface area contributed by atoms with Crippen LogP contribution in [0.1, 0.15) is 24.5 Å². The van der Waals surface area contributed by atoms with Crippen molar-refractivity contribution < 1.29 is 14.2 Å². The van der Waals surface area contributed by atoms with Crippen LogP contribution in [0.5, 0.6) is 5.75 Å². The molecule has 0 aliphatic carbocycles. The topological polar surface area (TPSA) is 44.7 Å². The minimum atomic E-state index is -0.580. The van der Waals surface area contributed by atoms with Crippen LogP contribution in [0.2, 0.25) is 0 Å². The molecule has 4 nitrogen and oxygen atoms in total. The largest absolute Gasteiger partial charge is 0.497 e. The molecule has 1 atom stereocenters. The molecule has 134 valence electrons. The van der Waals surface area contributed by atoms with Crippen LogP contribution in [-0.4, -0.2) is 42.8 Å². The maximum absolute atomic E-state index is 13.0. The predicted octanol–water partition coefficient (Wildman–Crippen LogP) is 3.44. The Bertz CT molecular complexity index is 670. The monoisotopic (exact) mass is 344 g/mol. The van der Waals surface area contributed by atoms with Crippen molar-refractivity contribution >= 4 is 5.69 Å². The SMILES string of the molecule is COc1cccc(NC2CCN(CC(O)c3ccc(F)cc3)CC2)c1. The summed E-state index contributed by atoms with van der Waals surface area (Å²) >= 11 is 0. The first-order valence-electron chi connectivity index (χ1n) is 8.70. The number of likely N-dealkylation sites (tertiary alicyclic amines) is 1. The number of ether oxygens (including phenoxy) is 1. The molecule has 25 heavy (non-hydrogen) atoms. The van der Waals surface area contributed by atoms with Gasteiger partial charge in [-0.1, -0.05) is 18.2 Å². The van der Waals surface area contributed by atoms with E-state index >= 15 is 0 Å². The number of nitrogens with zero attached hydrogens (tertiary/aromatic N) is 1. The Labute approximate surface area is 148 Å². The molecule has 1 aliphatic heterocycles. The van der Waals surface area contributed by atoms with Gasteiger partial charge in [-0.05, 0) is 42.7 Å². The summed E-state index contributed by atoms with van der Waals surface area (Å²) in [4.78, 5) is 2.26. The van der Waals surface area contributed by atoms with Gasteiger partial charge in [0, 0.05) is 37.4 Å². The second-order valence-corrected chi connectivity index (χ2v) is 6.52. The van der Waals surface area contributed by atoms with Crippen LogP contribution in [-0.2, 0) is 0 Å². The van der Waals surface area contributed by atoms with Crippen molar-refractivity contribution in [1.82, 2.24) is 4.90 Å². The molecule has 0 saturated carbocycles. The zero-order valence-corrected chi connectivity index (χ0v) is 14.5. The molecule has 2 aromatic carbocycles. The third kappa shape index (κ3) is 4.94. The number of rotatable bonds is 6. The maximum atomic E-state index is 13.0. The zero-order chi connectivity index (χ0) is 17.6. The summed E-state index contributed by atoms with van der Waals surface area (Å²) in [6.45, 7) is 2.44. The first-order valence-corrected chi connectivity index (χ1v) is 8.70. The molecular formula is C20H25FN2O2. The van der Waals surface area contributed by atoms with Gasteiger partial charge in [0.25, 0.3) is 0 Å². The Kier molecular flexibility index (Phi) is 5.89. The van der Waals surface area contributed by atoms with E-state index in [4.69, 9.17) is 4.74 Å². The van der Waals surface area contributed by atoms with Gasteiger partial charge in [0.2, 0.25) is 0 Å². The number of anilines is 1. The predicted molar refractivity (Wildman–Crippen MR) is 97.4 cm³/mol. The van der Waals surface area contributed by atoms with Crippen LogP contribution >= 0.6 is 0 Å². The van der Waals surface area contributed by atoms with Crippen molar-refractivity contribution in [2.75, 3.05) is 32.1 Å². The third-order valence-corrected chi connectivity index (χ3v) is 4.71. The summed E-state index contributed by atoms with van der Waals surface area (Å²) in [7, 11) is 1.67. The van der Waals surface area contributed by atoms with Crippen LogP contribution in [0.25, 0.3) is 0 Å². The van der Waals surface area contributed by atoms with Crippen LogP contribution in [0, 0.1) is 5.82 Å². The summed E-state index contributed by atoms with van der Waals surface area (Å²) < 4.78 is 18.2. The average Bonchev–Trinajstić information content (AvgIpc) is 2.64. The number of halogens is 1. The lowest BCUT2D eigenvalue weighted by Crippen LogP contribution is -2.40. The second kappa shape index (κ2) is 8.32. The fourth-order valence-corrected chi connectivity index (χ4v) is 3.24. The molecule has 1 saturated heterocycles. The van der Waals surface area contributed by atoms with Gasteiger partial charge in [0.1, 0.15) is 11.6 Å². The highest BCUT2D eigenvalue weighted by molar-refractivity contribution is 5.48. The van der Waals surface area contributed by atoms with Gasteiger partial charge >= 0.3 is 0 Å². The molecule has 0 aromatic heterocycles. The molecule has 3 rings (SSSR count). The number of aliphatic hydroxyl groups excluding tert-OH is 1. The van der Waals surface area contributed by atoms with Gasteiger partial charge in [0.15, 0.2) is 0 Å². The molecule has 0 bridgehead atoms. The number of methoxy groups -OCH3 is 1. The second-order valence-electron chi connectivity index (χ2n) is 6.52. The van der Waals surface area contributed by atoms with E-state index in [1.165, 1.54) is 12.1 Å². The maximum Gasteiger partial charge on any atom is 0.123 e. The molecule has 0 amide bonds. The van der Waals surface area contributed by atoms with Crippen molar-refractivity contribution in [3.05, 3.63) is 59.9 Å². The molecular weight excluding hydrogens is 319 g/mol. The number of nitrogens with one attached hydrogen (secondary N) is 1. The highest BCUT2D eigenvalue weighted by atomic mass is 19.1. The molecule has 2 aromatic rings. The molecule has 1 fully saturated rings. The Morgan fingerprint density at radius 2 is 1.92 bits per heavy atom. The third-order valence-electron chi connectivity index (χ3n) is 4.71. The first kappa shape index (κ1) is 17.7. The van der Waals surface area contributed by atoms with E-state index in [0.717, 1.165) is 42.9 Å². The molecule has 2 N–H and O–H groups in total. The summed E-state index contributed by atoms with van der Waals surface area (Å²) in [5.41, 5.74) is 1.84. The standard InChI is InChI=1S/C20H25FN2O2/c1-25-19-4-2-3-18(13-19)22-17-9-11-23(12-10-17)14-20(24)15-5-7-16(21)8-6-15/h2-8,13,17,20,22,24H,9-12,14H2,1H3. The van der Waals surface area contributed by atoms with Crippen molar-refractivity contribution in [2.24, 2.45) is 0 Å². The van der Waals surface area contributed by atoms with Gasteiger partial charge in [-0.2, -0.15) is 0 Å². The molecule has 1 unspecified atom stereocenters. The fourth-order valence-electron chi connectivity index (χ4n) is 3.24. The molecule has 0 radical (unpaired) electrons. The first-order chi connectivity index (χ1) is 12.1. The highest BCUT2D eigenvalue weighted by Crippen LogP contribution is 2.22. The van der Waals surface area contributed by atoms with Crippen LogP contribution < -0.4 is 10.1 Å². The fraction of sp³-hybridized carbons (Fsp3) is 0.400. The van der Waals surface area contributed by atoms with E-state index in [-0.39, 0.29) is 5.82 Å². The smallest absolute Gasteiger partial charge is 0.123 e. The van der Waals surface area contributed by atoms with Gasteiger partial charge in [-0.15, -0.1) is 0 Å². The number of β-amino-alcohol motifs (C(OH)–C–C–N with tert-alkyl or cyclic N) is 1. The summed E-state index contributed by atoms with van der Waals surface area (Å²) in [5.74, 6) is 0.574. The number of benzene rings is 2. The number of piperidine rings is 1. The lowest BCUT2D eigenvalue weighted by atomic mass is 10.0. The number of hydrogen-bond acceptors (Lipinski definition) is 4. The van der Waals surface area contributed by atoms with Crippen LogP contribution in [0.4, 0.5) is 10.1 Å². The lowest BCUT2D eigenvalue weighted by Gasteiger charge is -2.34. The van der Waals surface area contributed by atoms with Gasteiger partial charge < -0.3 is 20.1 Å². The molecule has 5 heteroatoms. The van der Waals surface area contributed by atoms with Crippen molar-refractivity contribution in [3.63, 3.8) is 0 Å². The Morgan fingerprint density at radius 3 is 2.60 bits per heavy atom. The highest BCUT2D eigenvalue weighted by Gasteiger charge is 2.21. The average molecular weight is 344 g/mol. The molecule has 1 aliphatic rings. The van der Waals surface area contributed by atoms with Crippen molar-refractivity contribution in [1.29, 1.82) is 0 Å². The summed E-state index contributed by atoms with van der Waals surface area (Å²) in [5, 5.41) is 13.9. The molecule has 0 spiro atoms. The Morgan fingerprint density at radius 1 is 1.20 bits per heavy atom. The summed E-state index contributed by atoms with van der Waals surface area (Å²) in [6, 6.07) is 14.5. The van der Waals surface area contributed by atoms with E-state index in [9.17, 15) is 9.50 Å². The van der Waals surface area contributed by atoms with Crippen molar-refractivity contribution in [2.45, 2.75) is 25.0 Å². The van der Waals surface area contributed by atoms with Gasteiger partial charge in [-0.3, -0.25) is 0 Å². The quantitative estimate of drug-likeness (QED) is 0.843. The minimum Gasteiger partial charge on any atom is -0.497 e. The Hall–Kier alpha value is -2.11. The van der Waals surface area contributed by atoms with Crippen molar-refractivity contribution in [3.8, 4) is 5.75 Å². The van der Waals surface area contributed by atoms with E-state index in [2.05, 4.69) is 10.2 Å². The van der Waals surface area contributed by atoms with E-state index in [1.807, 2.05) is 24.3 Å². The van der Waals surface area contributed by atoms with Crippen LogP contribution in [0.3, 0.4) is 0 Å². The van der Waals surface area contributed by atoms with E-state index < -0.39 is 6.10 Å². The summed E-state index contributed by atoms with van der Waals surface area (Å²) in [6.07, 6.45) is 1.46. The zero-order valence-electron chi connectivity index (χ0n) is 14.5. The van der Waals surface area contributed by atoms with Gasteiger partial charge in [-0.25, -0.2) is 4.39 Å². The molecule has 1 heterocycles. The van der Waals surface area contributed by atoms with E-state index in [1.54, 1.807) is 19.2 Å². The lowest BCUT2D eigenvalue weighted by molar-refractivity contribution is 0.0991. The number of aliphatic hydroxyl groups is 1. The van der Waals surface area contributed by atoms with Gasteiger partial charge in [0.05, 0.1) is 13.2 Å².